The van der Waals surface area contributed by atoms with E-state index in [1.54, 1.807) is 0 Å². The van der Waals surface area contributed by atoms with Crippen molar-refractivity contribution in [3.05, 3.63) is 42.0 Å². The van der Waals surface area contributed by atoms with E-state index >= 15 is 0 Å². The summed E-state index contributed by atoms with van der Waals surface area (Å²) >= 11 is 0. The van der Waals surface area contributed by atoms with Gasteiger partial charge in [-0.1, -0.05) is 24.3 Å². The molecule has 1 heterocycles. The Kier molecular flexibility index (Phi) is 3.94. The van der Waals surface area contributed by atoms with Crippen LogP contribution in [0.15, 0.2) is 36.4 Å². The molecular weight excluding hydrogens is 316 g/mol. The maximum absolute atomic E-state index is 12.7. The third kappa shape index (κ3) is 2.77. The average Bonchev–Trinajstić information content (AvgIpc) is 2.87. The molecule has 3 amide bonds. The van der Waals surface area contributed by atoms with Crippen molar-refractivity contribution in [1.82, 2.24) is 4.90 Å². The van der Waals surface area contributed by atoms with Crippen molar-refractivity contribution in [2.45, 2.75) is 26.2 Å². The number of hydrogen-bond donors (Lipinski definition) is 1. The Morgan fingerprint density at radius 3 is 2.32 bits per heavy atom. The van der Waals surface area contributed by atoms with E-state index in [0.29, 0.717) is 0 Å². The molecule has 1 aromatic carbocycles. The smallest absolute Gasteiger partial charge is 0.233 e. The third-order valence-electron chi connectivity index (χ3n) is 5.71. The summed E-state index contributed by atoms with van der Waals surface area (Å²) in [5.74, 6) is -0.362. The lowest BCUT2D eigenvalue weighted by molar-refractivity contribution is -0.140. The zero-order chi connectivity index (χ0) is 17.6. The molecule has 2 fully saturated rings. The monoisotopic (exact) mass is 338 g/mol. The molecule has 5 nitrogen and oxygen atoms in total. The number of carbonyl (C=O) groups is 3. The average molecular weight is 338 g/mol. The largest absolute Gasteiger partial charge is 0.326 e. The van der Waals surface area contributed by atoms with Crippen LogP contribution in [0.4, 0.5) is 5.69 Å². The van der Waals surface area contributed by atoms with E-state index in [0.717, 1.165) is 24.1 Å². The molecule has 0 unspecified atom stereocenters. The van der Waals surface area contributed by atoms with Crippen LogP contribution in [0.25, 0.3) is 0 Å². The van der Waals surface area contributed by atoms with Gasteiger partial charge in [0.05, 0.1) is 11.8 Å². The predicted molar refractivity (Wildman–Crippen MR) is 93.5 cm³/mol. The molecule has 5 heteroatoms. The van der Waals surface area contributed by atoms with E-state index in [1.807, 2.05) is 31.2 Å². The summed E-state index contributed by atoms with van der Waals surface area (Å²) in [6.45, 7) is 2.13. The molecule has 0 aromatic heterocycles. The number of aryl methyl sites for hydroxylation is 1. The van der Waals surface area contributed by atoms with E-state index in [-0.39, 0.29) is 54.4 Å². The van der Waals surface area contributed by atoms with E-state index in [1.165, 1.54) is 4.90 Å². The fourth-order valence-corrected chi connectivity index (χ4v) is 4.52. The molecule has 1 aromatic rings. The lowest BCUT2D eigenvalue weighted by atomic mass is 9.63. The minimum absolute atomic E-state index is 0.0857. The molecule has 1 N–H and O–H groups in total. The molecule has 130 valence electrons. The topological polar surface area (TPSA) is 66.5 Å². The van der Waals surface area contributed by atoms with Gasteiger partial charge in [0.1, 0.15) is 0 Å². The van der Waals surface area contributed by atoms with Gasteiger partial charge < -0.3 is 5.32 Å². The van der Waals surface area contributed by atoms with Crippen molar-refractivity contribution in [2.24, 2.45) is 23.7 Å². The van der Waals surface area contributed by atoms with Crippen molar-refractivity contribution in [1.29, 1.82) is 0 Å². The van der Waals surface area contributed by atoms with Crippen molar-refractivity contribution in [2.75, 3.05) is 11.9 Å². The summed E-state index contributed by atoms with van der Waals surface area (Å²) in [4.78, 5) is 38.9. The summed E-state index contributed by atoms with van der Waals surface area (Å²) in [5.41, 5.74) is 1.80. The Morgan fingerprint density at radius 1 is 1.12 bits per heavy atom. The second kappa shape index (κ2) is 6.14. The maximum atomic E-state index is 12.7. The van der Waals surface area contributed by atoms with E-state index < -0.39 is 0 Å². The third-order valence-corrected chi connectivity index (χ3v) is 5.71. The highest BCUT2D eigenvalue weighted by Crippen LogP contribution is 2.49. The van der Waals surface area contributed by atoms with Gasteiger partial charge in [-0.25, -0.2) is 0 Å². The Hall–Kier alpha value is -2.43. The maximum Gasteiger partial charge on any atom is 0.233 e. The molecule has 1 aliphatic heterocycles. The minimum atomic E-state index is -0.198. The minimum Gasteiger partial charge on any atom is -0.326 e. The number of nitrogens with zero attached hydrogens (tertiary/aromatic N) is 1. The highest BCUT2D eigenvalue weighted by atomic mass is 16.2. The second-order valence-electron chi connectivity index (χ2n) is 7.34. The van der Waals surface area contributed by atoms with Crippen LogP contribution in [0, 0.1) is 30.6 Å². The molecule has 25 heavy (non-hydrogen) atoms. The summed E-state index contributed by atoms with van der Waals surface area (Å²) < 4.78 is 0. The van der Waals surface area contributed by atoms with Gasteiger partial charge in [0.25, 0.3) is 0 Å². The van der Waals surface area contributed by atoms with Crippen LogP contribution in [0.2, 0.25) is 0 Å². The first-order valence-corrected chi connectivity index (χ1v) is 8.94. The lowest BCUT2D eigenvalue weighted by Crippen LogP contribution is -2.38. The molecule has 2 bridgehead atoms. The van der Waals surface area contributed by atoms with E-state index in [4.69, 9.17) is 0 Å². The first-order valence-electron chi connectivity index (χ1n) is 8.94. The second-order valence-corrected chi connectivity index (χ2v) is 7.34. The van der Waals surface area contributed by atoms with Crippen LogP contribution in [0.5, 0.6) is 0 Å². The standard InChI is InChI=1S/C20H22N2O3/c1-12-3-2-4-15(11-12)21-16(23)9-10-22-19(24)17-13-5-6-14(8-7-13)18(17)20(22)25/h2-6,11,13-14,17-18H,7-10H2,1H3,(H,21,23)/t13-,14-,17-,18+/m0/s1. The van der Waals surface area contributed by atoms with Crippen molar-refractivity contribution in [3.63, 3.8) is 0 Å². The number of fused-ring (bicyclic) bond motifs is 1. The Morgan fingerprint density at radius 2 is 1.76 bits per heavy atom. The fourth-order valence-electron chi connectivity index (χ4n) is 4.52. The van der Waals surface area contributed by atoms with Crippen molar-refractivity contribution < 1.29 is 14.4 Å². The van der Waals surface area contributed by atoms with Crippen molar-refractivity contribution in [3.8, 4) is 0 Å². The van der Waals surface area contributed by atoms with E-state index in [2.05, 4.69) is 17.5 Å². The number of carbonyl (C=O) groups excluding carboxylic acids is 3. The van der Waals surface area contributed by atoms with Gasteiger partial charge in [0.2, 0.25) is 17.7 Å². The number of allylic oxidation sites excluding steroid dienone is 2. The zero-order valence-corrected chi connectivity index (χ0v) is 14.3. The van der Waals surface area contributed by atoms with E-state index in [9.17, 15) is 14.4 Å². The van der Waals surface area contributed by atoms with Crippen LogP contribution in [0.1, 0.15) is 24.8 Å². The highest BCUT2D eigenvalue weighted by molar-refractivity contribution is 6.06. The molecular formula is C20H22N2O3. The Balaban J connectivity index is 1.39. The molecule has 4 atom stereocenters. The lowest BCUT2D eigenvalue weighted by Gasteiger charge is -2.38. The van der Waals surface area contributed by atoms with Crippen LogP contribution in [0.3, 0.4) is 0 Å². The summed E-state index contributed by atoms with van der Waals surface area (Å²) in [6, 6.07) is 7.56. The molecule has 0 radical (unpaired) electrons. The molecule has 1 saturated carbocycles. The summed E-state index contributed by atoms with van der Waals surface area (Å²) in [7, 11) is 0. The van der Waals surface area contributed by atoms with Gasteiger partial charge in [-0.15, -0.1) is 0 Å². The van der Waals surface area contributed by atoms with Gasteiger partial charge in [-0.05, 0) is 49.3 Å². The molecule has 3 aliphatic carbocycles. The first-order chi connectivity index (χ1) is 12.0. The zero-order valence-electron chi connectivity index (χ0n) is 14.3. The van der Waals surface area contributed by atoms with Crippen molar-refractivity contribution >= 4 is 23.4 Å². The number of imide groups is 1. The molecule has 4 aliphatic rings. The number of anilines is 1. The summed E-state index contributed by atoms with van der Waals surface area (Å²) in [6.07, 6.45) is 6.32. The number of nitrogens with one attached hydrogen (secondary N) is 1. The van der Waals surface area contributed by atoms with Gasteiger partial charge >= 0.3 is 0 Å². The quantitative estimate of drug-likeness (QED) is 0.678. The highest BCUT2D eigenvalue weighted by Gasteiger charge is 2.56. The predicted octanol–water partition coefficient (Wildman–Crippen LogP) is 2.52. The SMILES string of the molecule is Cc1cccc(NC(=O)CCN2C(=O)[C@@H]3[C@H](C2=O)[C@H]2C=C[C@H]3CC2)c1. The molecule has 0 spiro atoms. The molecule has 1 saturated heterocycles. The van der Waals surface area contributed by atoms with Crippen LogP contribution >= 0.6 is 0 Å². The summed E-state index contributed by atoms with van der Waals surface area (Å²) in [5, 5.41) is 2.83. The van der Waals surface area contributed by atoms with Gasteiger partial charge in [0, 0.05) is 18.7 Å². The number of likely N-dealkylation sites (tertiary alicyclic amines) is 1. The van der Waals surface area contributed by atoms with Crippen LogP contribution in [-0.2, 0) is 14.4 Å². The first kappa shape index (κ1) is 16.1. The number of amides is 3. The van der Waals surface area contributed by atoms with Gasteiger partial charge in [-0.2, -0.15) is 0 Å². The van der Waals surface area contributed by atoms with Gasteiger partial charge in [-0.3, -0.25) is 19.3 Å². The Labute approximate surface area is 147 Å². The van der Waals surface area contributed by atoms with Gasteiger partial charge in [0.15, 0.2) is 0 Å². The fraction of sp³-hybridized carbons (Fsp3) is 0.450. The molecule has 5 rings (SSSR count). The van der Waals surface area contributed by atoms with Crippen LogP contribution < -0.4 is 5.32 Å². The Bertz CT molecular complexity index is 738. The normalized spacial score (nSPS) is 29.9. The van der Waals surface area contributed by atoms with Crippen LogP contribution in [-0.4, -0.2) is 29.2 Å². The number of benzene rings is 1. The number of hydrogen-bond acceptors (Lipinski definition) is 3. The number of rotatable bonds is 4.